The Morgan fingerprint density at radius 2 is 2.33 bits per heavy atom. The van der Waals surface area contributed by atoms with E-state index in [1.807, 2.05) is 6.07 Å². The van der Waals surface area contributed by atoms with E-state index in [4.69, 9.17) is 10.5 Å². The second-order valence-electron chi connectivity index (χ2n) is 3.76. The highest BCUT2D eigenvalue weighted by atomic mass is 79.9. The fraction of sp³-hybridized carbons (Fsp3) is 0.600. The van der Waals surface area contributed by atoms with Crippen molar-refractivity contribution in [3.63, 3.8) is 0 Å². The van der Waals surface area contributed by atoms with Crippen LogP contribution in [0, 0.1) is 0 Å². The summed E-state index contributed by atoms with van der Waals surface area (Å²) in [6.45, 7) is 0.869. The van der Waals surface area contributed by atoms with Gasteiger partial charge < -0.3 is 10.5 Å². The molecule has 1 aliphatic rings. The minimum atomic E-state index is 0.295. The summed E-state index contributed by atoms with van der Waals surface area (Å²) < 4.78 is 6.45. The van der Waals surface area contributed by atoms with Crippen LogP contribution in [0.3, 0.4) is 0 Å². The molecule has 2 rings (SSSR count). The molecule has 4 nitrogen and oxygen atoms in total. The first-order valence-corrected chi connectivity index (χ1v) is 5.94. The van der Waals surface area contributed by atoms with Gasteiger partial charge in [0.25, 0.3) is 0 Å². The number of halogens is 1. The van der Waals surface area contributed by atoms with Gasteiger partial charge in [-0.25, -0.2) is 0 Å². The van der Waals surface area contributed by atoms with Crippen LogP contribution in [0.1, 0.15) is 25.0 Å². The van der Waals surface area contributed by atoms with E-state index in [9.17, 15) is 0 Å². The van der Waals surface area contributed by atoms with Crippen LogP contribution in [0.5, 0.6) is 0 Å². The molecule has 0 bridgehead atoms. The Morgan fingerprint density at radius 1 is 1.47 bits per heavy atom. The summed E-state index contributed by atoms with van der Waals surface area (Å²) in [5, 5.41) is 7.92. The number of hydrogen-bond donors (Lipinski definition) is 1. The van der Waals surface area contributed by atoms with Crippen molar-refractivity contribution >= 4 is 21.7 Å². The molecule has 15 heavy (non-hydrogen) atoms. The Kier molecular flexibility index (Phi) is 3.53. The van der Waals surface area contributed by atoms with Crippen LogP contribution >= 0.6 is 15.9 Å². The van der Waals surface area contributed by atoms with Crippen molar-refractivity contribution in [2.24, 2.45) is 0 Å². The third-order valence-electron chi connectivity index (χ3n) is 2.54. The predicted octanol–water partition coefficient (Wildman–Crippen LogP) is 1.93. The Hall–Kier alpha value is -0.680. The Bertz CT molecular complexity index is 339. The molecule has 1 aromatic rings. The van der Waals surface area contributed by atoms with Crippen molar-refractivity contribution in [1.82, 2.24) is 10.2 Å². The first kappa shape index (κ1) is 10.8. The maximum absolute atomic E-state index is 5.64. The molecule has 1 atom stereocenters. The summed E-state index contributed by atoms with van der Waals surface area (Å²) in [4.78, 5) is 0. The van der Waals surface area contributed by atoms with Crippen LogP contribution in [0.15, 0.2) is 10.5 Å². The smallest absolute Gasteiger partial charge is 0.160 e. The number of rotatable bonds is 2. The average Bonchev–Trinajstić information content (AvgIpc) is 2.25. The zero-order chi connectivity index (χ0) is 10.7. The van der Waals surface area contributed by atoms with Gasteiger partial charge in [0.2, 0.25) is 0 Å². The zero-order valence-electron chi connectivity index (χ0n) is 8.45. The number of anilines is 1. The lowest BCUT2D eigenvalue weighted by Gasteiger charge is -2.21. The average molecular weight is 272 g/mol. The summed E-state index contributed by atoms with van der Waals surface area (Å²) in [5.41, 5.74) is 6.50. The third-order valence-corrected chi connectivity index (χ3v) is 3.17. The SMILES string of the molecule is Nc1nnc(CC2CCCCO2)cc1Br. The van der Waals surface area contributed by atoms with E-state index in [-0.39, 0.29) is 0 Å². The zero-order valence-corrected chi connectivity index (χ0v) is 10.0. The standard InChI is InChI=1S/C10H14BrN3O/c11-9-6-7(13-14-10(9)12)5-8-3-1-2-4-15-8/h6,8H,1-5H2,(H2,12,14). The van der Waals surface area contributed by atoms with Gasteiger partial charge in [0, 0.05) is 13.0 Å². The second-order valence-corrected chi connectivity index (χ2v) is 4.62. The summed E-state index contributed by atoms with van der Waals surface area (Å²) in [5.74, 6) is 0.434. The second kappa shape index (κ2) is 4.90. The van der Waals surface area contributed by atoms with Gasteiger partial charge in [-0.1, -0.05) is 0 Å². The monoisotopic (exact) mass is 271 g/mol. The van der Waals surface area contributed by atoms with E-state index in [0.717, 1.165) is 29.6 Å². The number of hydrogen-bond acceptors (Lipinski definition) is 4. The van der Waals surface area contributed by atoms with E-state index in [1.54, 1.807) is 0 Å². The van der Waals surface area contributed by atoms with E-state index in [0.29, 0.717) is 11.9 Å². The molecule has 5 heteroatoms. The summed E-state index contributed by atoms with van der Waals surface area (Å²) in [7, 11) is 0. The topological polar surface area (TPSA) is 61.0 Å². The molecular formula is C10H14BrN3O. The molecule has 1 aliphatic heterocycles. The van der Waals surface area contributed by atoms with E-state index < -0.39 is 0 Å². The lowest BCUT2D eigenvalue weighted by molar-refractivity contribution is 0.0161. The minimum absolute atomic E-state index is 0.295. The van der Waals surface area contributed by atoms with Crippen molar-refractivity contribution in [2.75, 3.05) is 12.3 Å². The fourth-order valence-corrected chi connectivity index (χ4v) is 2.06. The molecule has 1 unspecified atom stereocenters. The maximum Gasteiger partial charge on any atom is 0.160 e. The number of nitrogen functional groups attached to an aromatic ring is 1. The van der Waals surface area contributed by atoms with Crippen LogP contribution < -0.4 is 5.73 Å². The van der Waals surface area contributed by atoms with Crippen molar-refractivity contribution in [1.29, 1.82) is 0 Å². The fourth-order valence-electron chi connectivity index (χ4n) is 1.72. The van der Waals surface area contributed by atoms with Gasteiger partial charge in [-0.15, -0.1) is 5.10 Å². The molecule has 82 valence electrons. The molecule has 1 aromatic heterocycles. The molecule has 0 aromatic carbocycles. The molecule has 2 heterocycles. The van der Waals surface area contributed by atoms with Crippen molar-refractivity contribution in [3.05, 3.63) is 16.2 Å². The van der Waals surface area contributed by atoms with Crippen LogP contribution in [0.2, 0.25) is 0 Å². The van der Waals surface area contributed by atoms with E-state index in [2.05, 4.69) is 26.1 Å². The molecule has 0 radical (unpaired) electrons. The van der Waals surface area contributed by atoms with Crippen molar-refractivity contribution in [3.8, 4) is 0 Å². The van der Waals surface area contributed by atoms with Gasteiger partial charge in [0.05, 0.1) is 16.3 Å². The lowest BCUT2D eigenvalue weighted by Crippen LogP contribution is -2.22. The third kappa shape index (κ3) is 2.89. The molecular weight excluding hydrogens is 258 g/mol. The van der Waals surface area contributed by atoms with Gasteiger partial charge in [-0.05, 0) is 41.3 Å². The molecule has 0 spiro atoms. The maximum atomic E-state index is 5.64. The van der Waals surface area contributed by atoms with Gasteiger partial charge in [0.15, 0.2) is 5.82 Å². The van der Waals surface area contributed by atoms with Crippen LogP contribution in [-0.4, -0.2) is 22.9 Å². The van der Waals surface area contributed by atoms with Gasteiger partial charge in [0.1, 0.15) is 0 Å². The Balaban J connectivity index is 2.00. The first-order chi connectivity index (χ1) is 7.25. The molecule has 1 fully saturated rings. The highest BCUT2D eigenvalue weighted by Gasteiger charge is 2.15. The Labute approximate surface area is 97.3 Å². The molecule has 2 N–H and O–H groups in total. The number of nitrogens with two attached hydrogens (primary N) is 1. The predicted molar refractivity (Wildman–Crippen MR) is 61.4 cm³/mol. The number of ether oxygens (including phenoxy) is 1. The Morgan fingerprint density at radius 3 is 3.00 bits per heavy atom. The number of nitrogens with zero attached hydrogens (tertiary/aromatic N) is 2. The highest BCUT2D eigenvalue weighted by molar-refractivity contribution is 9.10. The first-order valence-electron chi connectivity index (χ1n) is 5.15. The van der Waals surface area contributed by atoms with Crippen LogP contribution in [0.25, 0.3) is 0 Å². The minimum Gasteiger partial charge on any atom is -0.381 e. The van der Waals surface area contributed by atoms with Gasteiger partial charge >= 0.3 is 0 Å². The molecule has 0 saturated carbocycles. The summed E-state index contributed by atoms with van der Waals surface area (Å²) >= 11 is 3.34. The van der Waals surface area contributed by atoms with Crippen LogP contribution in [-0.2, 0) is 11.2 Å². The van der Waals surface area contributed by atoms with Crippen molar-refractivity contribution in [2.45, 2.75) is 31.8 Å². The normalized spacial score (nSPS) is 21.5. The summed E-state index contributed by atoms with van der Waals surface area (Å²) in [6, 6.07) is 1.92. The summed E-state index contributed by atoms with van der Waals surface area (Å²) in [6.07, 6.45) is 4.65. The van der Waals surface area contributed by atoms with E-state index >= 15 is 0 Å². The largest absolute Gasteiger partial charge is 0.381 e. The molecule has 1 saturated heterocycles. The van der Waals surface area contributed by atoms with Crippen LogP contribution in [0.4, 0.5) is 5.82 Å². The number of aromatic nitrogens is 2. The molecule has 0 amide bonds. The van der Waals surface area contributed by atoms with Gasteiger partial charge in [-0.3, -0.25) is 0 Å². The van der Waals surface area contributed by atoms with E-state index in [1.165, 1.54) is 12.8 Å². The van der Waals surface area contributed by atoms with Gasteiger partial charge in [-0.2, -0.15) is 5.10 Å². The molecule has 0 aliphatic carbocycles. The lowest BCUT2D eigenvalue weighted by atomic mass is 10.0. The highest BCUT2D eigenvalue weighted by Crippen LogP contribution is 2.20. The quantitative estimate of drug-likeness (QED) is 0.893. The van der Waals surface area contributed by atoms with Crippen molar-refractivity contribution < 1.29 is 4.74 Å².